The molecule has 140 valence electrons. The van der Waals surface area contributed by atoms with Crippen LogP contribution in [-0.2, 0) is 10.5 Å². The third-order valence-electron chi connectivity index (χ3n) is 3.68. The number of rotatable bonds is 6. The summed E-state index contributed by atoms with van der Waals surface area (Å²) in [5.41, 5.74) is 1.28. The molecule has 0 aliphatic heterocycles. The highest BCUT2D eigenvalue weighted by atomic mass is 35.5. The highest BCUT2D eigenvalue weighted by Crippen LogP contribution is 2.24. The largest absolute Gasteiger partial charge is 0.444 e. The van der Waals surface area contributed by atoms with E-state index in [1.165, 1.54) is 18.0 Å². The van der Waals surface area contributed by atoms with Crippen LogP contribution in [0, 0.1) is 11.6 Å². The van der Waals surface area contributed by atoms with E-state index < -0.39 is 22.8 Å². The Balaban J connectivity index is 1.57. The molecule has 0 saturated carbocycles. The topological polar surface area (TPSA) is 55.1 Å². The summed E-state index contributed by atoms with van der Waals surface area (Å²) in [4.78, 5) is 16.6. The summed E-state index contributed by atoms with van der Waals surface area (Å²) < 4.78 is 32.2. The van der Waals surface area contributed by atoms with Gasteiger partial charge in [0.1, 0.15) is 17.9 Å². The Morgan fingerprint density at radius 3 is 2.74 bits per heavy atom. The number of aromatic nitrogens is 1. The second kappa shape index (κ2) is 8.54. The first-order valence-corrected chi connectivity index (χ1v) is 9.43. The monoisotopic (exact) mass is 408 g/mol. The van der Waals surface area contributed by atoms with Crippen LogP contribution in [0.4, 0.5) is 14.5 Å². The van der Waals surface area contributed by atoms with Crippen LogP contribution in [0.15, 0.2) is 53.1 Å². The maximum Gasteiger partial charge on any atom is 0.237 e. The molecule has 1 aromatic heterocycles. The molecule has 0 bridgehead atoms. The predicted molar refractivity (Wildman–Crippen MR) is 103 cm³/mol. The molecular formula is C19H15ClF2N2O2S. The number of carbonyl (C=O) groups is 1. The number of carbonyl (C=O) groups excluding carboxylic acids is 1. The summed E-state index contributed by atoms with van der Waals surface area (Å²) in [6.07, 6.45) is 1.52. The van der Waals surface area contributed by atoms with Crippen molar-refractivity contribution in [1.29, 1.82) is 0 Å². The quantitative estimate of drug-likeness (QED) is 0.582. The lowest BCUT2D eigenvalue weighted by Gasteiger charge is -2.11. The molecule has 1 N–H and O–H groups in total. The molecule has 0 aliphatic rings. The van der Waals surface area contributed by atoms with Gasteiger partial charge in [0.25, 0.3) is 0 Å². The number of halogens is 3. The first-order chi connectivity index (χ1) is 12.9. The van der Waals surface area contributed by atoms with Gasteiger partial charge in [0.2, 0.25) is 11.8 Å². The Hall–Kier alpha value is -2.38. The van der Waals surface area contributed by atoms with Crippen molar-refractivity contribution in [2.24, 2.45) is 0 Å². The number of oxazole rings is 1. The van der Waals surface area contributed by atoms with Crippen molar-refractivity contribution in [3.05, 3.63) is 71.1 Å². The van der Waals surface area contributed by atoms with E-state index in [1.807, 2.05) is 0 Å². The number of nitrogens with one attached hydrogen (secondary N) is 1. The Morgan fingerprint density at radius 1 is 1.26 bits per heavy atom. The van der Waals surface area contributed by atoms with E-state index in [0.29, 0.717) is 22.4 Å². The Labute approximate surface area is 163 Å². The number of hydrogen-bond acceptors (Lipinski definition) is 4. The molecule has 1 amide bonds. The molecule has 27 heavy (non-hydrogen) atoms. The summed E-state index contributed by atoms with van der Waals surface area (Å²) in [7, 11) is 0. The smallest absolute Gasteiger partial charge is 0.237 e. The summed E-state index contributed by atoms with van der Waals surface area (Å²) in [5.74, 6) is -0.848. The average molecular weight is 409 g/mol. The average Bonchev–Trinajstić information content (AvgIpc) is 3.12. The fraction of sp³-hybridized carbons (Fsp3) is 0.158. The van der Waals surface area contributed by atoms with Crippen LogP contribution in [0.1, 0.15) is 12.6 Å². The highest BCUT2D eigenvalue weighted by molar-refractivity contribution is 7.99. The summed E-state index contributed by atoms with van der Waals surface area (Å²) in [5, 5.41) is 2.52. The van der Waals surface area contributed by atoms with Crippen LogP contribution in [0.2, 0.25) is 5.02 Å². The van der Waals surface area contributed by atoms with E-state index in [0.717, 1.165) is 23.8 Å². The van der Waals surface area contributed by atoms with Gasteiger partial charge in [-0.2, -0.15) is 0 Å². The van der Waals surface area contributed by atoms with Gasteiger partial charge in [-0.25, -0.2) is 13.8 Å². The van der Waals surface area contributed by atoms with Crippen LogP contribution < -0.4 is 5.32 Å². The van der Waals surface area contributed by atoms with Crippen LogP contribution in [0.5, 0.6) is 0 Å². The molecule has 1 atom stereocenters. The minimum Gasteiger partial charge on any atom is -0.444 e. The van der Waals surface area contributed by atoms with Crippen LogP contribution in [0.3, 0.4) is 0 Å². The molecule has 1 unspecified atom stereocenters. The van der Waals surface area contributed by atoms with E-state index >= 15 is 0 Å². The Bertz CT molecular complexity index is 947. The van der Waals surface area contributed by atoms with Crippen LogP contribution in [-0.4, -0.2) is 16.1 Å². The molecule has 2 aromatic carbocycles. The number of benzene rings is 2. The summed E-state index contributed by atoms with van der Waals surface area (Å²) in [6, 6.07) is 9.99. The molecule has 3 rings (SSSR count). The zero-order chi connectivity index (χ0) is 19.4. The zero-order valence-corrected chi connectivity index (χ0v) is 15.8. The molecule has 8 heteroatoms. The second-order valence-corrected chi connectivity index (χ2v) is 7.48. The maximum atomic E-state index is 13.6. The molecule has 0 radical (unpaired) electrons. The number of nitrogens with zero attached hydrogens (tertiary/aromatic N) is 1. The third kappa shape index (κ3) is 5.08. The van der Waals surface area contributed by atoms with E-state index in [1.54, 1.807) is 31.2 Å². The minimum atomic E-state index is -0.689. The van der Waals surface area contributed by atoms with Gasteiger partial charge in [-0.05, 0) is 43.3 Å². The fourth-order valence-electron chi connectivity index (χ4n) is 2.21. The molecule has 0 aliphatic carbocycles. The highest BCUT2D eigenvalue weighted by Gasteiger charge is 2.17. The van der Waals surface area contributed by atoms with Crippen molar-refractivity contribution in [2.75, 3.05) is 5.32 Å². The summed E-state index contributed by atoms with van der Waals surface area (Å²) in [6.45, 7) is 1.68. The Kier molecular flexibility index (Phi) is 6.13. The third-order valence-corrected chi connectivity index (χ3v) is 5.11. The van der Waals surface area contributed by atoms with Gasteiger partial charge in [-0.1, -0.05) is 11.6 Å². The van der Waals surface area contributed by atoms with E-state index in [4.69, 9.17) is 16.0 Å². The number of anilines is 1. The van der Waals surface area contributed by atoms with Crippen molar-refractivity contribution < 1.29 is 18.0 Å². The van der Waals surface area contributed by atoms with Gasteiger partial charge < -0.3 is 9.73 Å². The van der Waals surface area contributed by atoms with Gasteiger partial charge >= 0.3 is 0 Å². The number of thioether (sulfide) groups is 1. The van der Waals surface area contributed by atoms with Gasteiger partial charge in [-0.3, -0.25) is 4.79 Å². The lowest BCUT2D eigenvalue weighted by molar-refractivity contribution is -0.115. The van der Waals surface area contributed by atoms with E-state index in [2.05, 4.69) is 10.3 Å². The molecule has 0 spiro atoms. The van der Waals surface area contributed by atoms with E-state index in [9.17, 15) is 13.6 Å². The second-order valence-electron chi connectivity index (χ2n) is 5.72. The molecule has 3 aromatic rings. The van der Waals surface area contributed by atoms with Gasteiger partial charge in [0.15, 0.2) is 0 Å². The van der Waals surface area contributed by atoms with Gasteiger partial charge in [-0.15, -0.1) is 11.8 Å². The normalized spacial score (nSPS) is 12.0. The lowest BCUT2D eigenvalue weighted by atomic mass is 10.2. The van der Waals surface area contributed by atoms with Gasteiger partial charge in [0, 0.05) is 22.4 Å². The first kappa shape index (κ1) is 19.4. The SMILES string of the molecule is CC(SCc1coc(-c2ccc(Cl)cc2)n1)C(=O)Nc1cc(F)ccc1F. The predicted octanol–water partition coefficient (Wildman–Crippen LogP) is 5.53. The van der Waals surface area contributed by atoms with Crippen molar-refractivity contribution in [3.63, 3.8) is 0 Å². The molecular weight excluding hydrogens is 394 g/mol. The van der Waals surface area contributed by atoms with Gasteiger partial charge in [0.05, 0.1) is 16.6 Å². The fourth-order valence-corrected chi connectivity index (χ4v) is 3.10. The van der Waals surface area contributed by atoms with Crippen molar-refractivity contribution in [2.45, 2.75) is 17.9 Å². The summed E-state index contributed by atoms with van der Waals surface area (Å²) >= 11 is 7.16. The maximum absolute atomic E-state index is 13.6. The molecule has 4 nitrogen and oxygen atoms in total. The Morgan fingerprint density at radius 2 is 2.00 bits per heavy atom. The van der Waals surface area contributed by atoms with Crippen molar-refractivity contribution in [3.8, 4) is 11.5 Å². The van der Waals surface area contributed by atoms with Crippen LogP contribution >= 0.6 is 23.4 Å². The zero-order valence-electron chi connectivity index (χ0n) is 14.2. The van der Waals surface area contributed by atoms with E-state index in [-0.39, 0.29) is 5.69 Å². The molecule has 0 saturated heterocycles. The first-order valence-electron chi connectivity index (χ1n) is 8.00. The lowest BCUT2D eigenvalue weighted by Crippen LogP contribution is -2.23. The molecule has 0 fully saturated rings. The van der Waals surface area contributed by atoms with Crippen molar-refractivity contribution in [1.82, 2.24) is 4.98 Å². The number of hydrogen-bond donors (Lipinski definition) is 1. The number of amides is 1. The van der Waals surface area contributed by atoms with Crippen molar-refractivity contribution >= 4 is 35.0 Å². The standard InChI is InChI=1S/C19H15ClF2N2O2S/c1-11(18(25)24-17-8-14(21)6-7-16(17)22)27-10-15-9-26-19(23-15)12-2-4-13(20)5-3-12/h2-9,11H,10H2,1H3,(H,24,25). The molecule has 1 heterocycles. The van der Waals surface area contributed by atoms with Crippen LogP contribution in [0.25, 0.3) is 11.5 Å². The minimum absolute atomic E-state index is 0.182.